The molecule has 2 heterocycles. The van der Waals surface area contributed by atoms with E-state index < -0.39 is 0 Å². The summed E-state index contributed by atoms with van der Waals surface area (Å²) in [4.78, 5) is 5.91. The summed E-state index contributed by atoms with van der Waals surface area (Å²) in [6.07, 6.45) is 2.33. The molecule has 1 aromatic rings. The van der Waals surface area contributed by atoms with Crippen LogP contribution in [0.25, 0.3) is 0 Å². The molecule has 1 unspecified atom stereocenters. The topological polar surface area (TPSA) is 24.4 Å². The second-order valence-electron chi connectivity index (χ2n) is 3.51. The predicted octanol–water partition coefficient (Wildman–Crippen LogP) is 3.28. The molecule has 1 N–H and O–H groups in total. The Morgan fingerprint density at radius 2 is 2.53 bits per heavy atom. The average Bonchev–Trinajstić information content (AvgIpc) is 2.81. The number of amidine groups is 1. The van der Waals surface area contributed by atoms with Gasteiger partial charge in [-0.3, -0.25) is 4.99 Å². The monoisotopic (exact) mass is 240 g/mol. The lowest BCUT2D eigenvalue weighted by molar-refractivity contribution is 0.638. The minimum atomic E-state index is 0.439. The summed E-state index contributed by atoms with van der Waals surface area (Å²) in [5.41, 5.74) is 0. The molecule has 0 aliphatic carbocycles. The van der Waals surface area contributed by atoms with E-state index in [9.17, 15) is 0 Å². The van der Waals surface area contributed by atoms with Gasteiger partial charge in [0.05, 0.1) is 6.04 Å². The maximum Gasteiger partial charge on any atom is 0.157 e. The number of thiophene rings is 1. The largest absolute Gasteiger partial charge is 0.357 e. The lowest BCUT2D eigenvalue weighted by Gasteiger charge is -2.20. The zero-order chi connectivity index (χ0) is 10.5. The Hall–Kier alpha value is -0.480. The van der Waals surface area contributed by atoms with Crippen molar-refractivity contribution < 1.29 is 0 Å². The van der Waals surface area contributed by atoms with Crippen LogP contribution in [0.3, 0.4) is 0 Å². The Morgan fingerprint density at radius 1 is 1.60 bits per heavy atom. The molecule has 0 fully saturated rings. The molecule has 0 saturated heterocycles. The van der Waals surface area contributed by atoms with E-state index in [0.717, 1.165) is 18.1 Å². The SMILES string of the molecule is CCC(NC1=NCCCS1)c1cccs1. The molecule has 15 heavy (non-hydrogen) atoms. The summed E-state index contributed by atoms with van der Waals surface area (Å²) in [7, 11) is 0. The van der Waals surface area contributed by atoms with Gasteiger partial charge in [0.1, 0.15) is 0 Å². The standard InChI is InChI=1S/C11H16N2S2/c1-2-9(10-5-3-7-14-10)13-11-12-6-4-8-15-11/h3,5,7,9H,2,4,6,8H2,1H3,(H,12,13). The van der Waals surface area contributed by atoms with Crippen molar-refractivity contribution in [3.63, 3.8) is 0 Å². The summed E-state index contributed by atoms with van der Waals surface area (Å²) >= 11 is 3.67. The van der Waals surface area contributed by atoms with Gasteiger partial charge in [0.15, 0.2) is 5.17 Å². The highest BCUT2D eigenvalue weighted by atomic mass is 32.2. The van der Waals surface area contributed by atoms with E-state index in [0.29, 0.717) is 6.04 Å². The van der Waals surface area contributed by atoms with E-state index >= 15 is 0 Å². The molecule has 0 spiro atoms. The Balaban J connectivity index is 1.99. The Labute approximate surface area is 99.2 Å². The van der Waals surface area contributed by atoms with Crippen LogP contribution in [0.15, 0.2) is 22.5 Å². The van der Waals surface area contributed by atoms with Gasteiger partial charge in [0.2, 0.25) is 0 Å². The van der Waals surface area contributed by atoms with Crippen LogP contribution in [0.1, 0.15) is 30.7 Å². The maximum atomic E-state index is 4.50. The van der Waals surface area contributed by atoms with Gasteiger partial charge < -0.3 is 5.32 Å². The third-order valence-corrected chi connectivity index (χ3v) is 4.39. The van der Waals surface area contributed by atoms with Crippen molar-refractivity contribution in [1.82, 2.24) is 5.32 Å². The highest BCUT2D eigenvalue weighted by molar-refractivity contribution is 8.13. The summed E-state index contributed by atoms with van der Waals surface area (Å²) < 4.78 is 0. The fourth-order valence-corrected chi connectivity index (χ4v) is 3.30. The fraction of sp³-hybridized carbons (Fsp3) is 0.545. The second-order valence-corrected chi connectivity index (χ2v) is 5.57. The van der Waals surface area contributed by atoms with Crippen LogP contribution in [-0.4, -0.2) is 17.5 Å². The first kappa shape index (κ1) is 11.0. The summed E-state index contributed by atoms with van der Waals surface area (Å²) in [5, 5.41) is 6.79. The summed E-state index contributed by atoms with van der Waals surface area (Å²) in [5.74, 6) is 1.20. The smallest absolute Gasteiger partial charge is 0.157 e. The number of hydrogen-bond acceptors (Lipinski definition) is 4. The molecule has 0 bridgehead atoms. The molecule has 1 aliphatic rings. The van der Waals surface area contributed by atoms with Crippen LogP contribution in [0.4, 0.5) is 0 Å². The lowest BCUT2D eigenvalue weighted by atomic mass is 10.2. The van der Waals surface area contributed by atoms with Gasteiger partial charge in [-0.15, -0.1) is 11.3 Å². The zero-order valence-electron chi connectivity index (χ0n) is 8.90. The summed E-state index contributed by atoms with van der Waals surface area (Å²) in [6, 6.07) is 4.74. The van der Waals surface area contributed by atoms with Gasteiger partial charge in [0.25, 0.3) is 0 Å². The van der Waals surface area contributed by atoms with Gasteiger partial charge in [-0.25, -0.2) is 0 Å². The zero-order valence-corrected chi connectivity index (χ0v) is 10.5. The molecule has 1 aliphatic heterocycles. The molecular weight excluding hydrogens is 224 g/mol. The molecule has 0 saturated carbocycles. The number of nitrogens with zero attached hydrogens (tertiary/aromatic N) is 1. The number of nitrogens with one attached hydrogen (secondary N) is 1. The van der Waals surface area contributed by atoms with Crippen LogP contribution in [-0.2, 0) is 0 Å². The number of thioether (sulfide) groups is 1. The van der Waals surface area contributed by atoms with Crippen molar-refractivity contribution in [2.75, 3.05) is 12.3 Å². The molecule has 4 heteroatoms. The third-order valence-electron chi connectivity index (χ3n) is 2.39. The van der Waals surface area contributed by atoms with Gasteiger partial charge >= 0.3 is 0 Å². The van der Waals surface area contributed by atoms with E-state index in [1.54, 1.807) is 0 Å². The van der Waals surface area contributed by atoms with Crippen molar-refractivity contribution in [2.24, 2.45) is 4.99 Å². The number of rotatable bonds is 3. The molecule has 1 aromatic heterocycles. The summed E-state index contributed by atoms with van der Waals surface area (Å²) in [6.45, 7) is 3.20. The number of hydrogen-bond donors (Lipinski definition) is 1. The minimum Gasteiger partial charge on any atom is -0.357 e. The first-order valence-electron chi connectivity index (χ1n) is 5.37. The van der Waals surface area contributed by atoms with E-state index in [-0.39, 0.29) is 0 Å². The Morgan fingerprint density at radius 3 is 3.13 bits per heavy atom. The van der Waals surface area contributed by atoms with Crippen molar-refractivity contribution in [1.29, 1.82) is 0 Å². The fourth-order valence-electron chi connectivity index (χ4n) is 1.56. The number of aliphatic imine (C=N–C) groups is 1. The van der Waals surface area contributed by atoms with Crippen LogP contribution in [0.2, 0.25) is 0 Å². The Bertz CT molecular complexity index is 319. The van der Waals surface area contributed by atoms with Gasteiger partial charge in [0, 0.05) is 17.2 Å². The third kappa shape index (κ3) is 2.98. The van der Waals surface area contributed by atoms with Crippen molar-refractivity contribution >= 4 is 28.3 Å². The van der Waals surface area contributed by atoms with E-state index in [1.807, 2.05) is 23.1 Å². The van der Waals surface area contributed by atoms with E-state index in [1.165, 1.54) is 17.1 Å². The van der Waals surface area contributed by atoms with Gasteiger partial charge in [-0.1, -0.05) is 24.8 Å². The van der Waals surface area contributed by atoms with Crippen molar-refractivity contribution in [2.45, 2.75) is 25.8 Å². The highest BCUT2D eigenvalue weighted by Crippen LogP contribution is 2.23. The van der Waals surface area contributed by atoms with Gasteiger partial charge in [-0.05, 0) is 24.3 Å². The van der Waals surface area contributed by atoms with Crippen LogP contribution >= 0.6 is 23.1 Å². The predicted molar refractivity (Wildman–Crippen MR) is 69.9 cm³/mol. The molecule has 82 valence electrons. The molecule has 0 aromatic carbocycles. The molecule has 1 atom stereocenters. The lowest BCUT2D eigenvalue weighted by Crippen LogP contribution is -2.27. The molecular formula is C11H16N2S2. The molecule has 0 amide bonds. The quantitative estimate of drug-likeness (QED) is 0.877. The Kier molecular flexibility index (Phi) is 4.09. The molecule has 2 rings (SSSR count). The minimum absolute atomic E-state index is 0.439. The van der Waals surface area contributed by atoms with Crippen molar-refractivity contribution in [3.05, 3.63) is 22.4 Å². The normalized spacial score (nSPS) is 18.3. The second kappa shape index (κ2) is 5.56. The first-order valence-corrected chi connectivity index (χ1v) is 7.24. The van der Waals surface area contributed by atoms with Gasteiger partial charge in [-0.2, -0.15) is 0 Å². The van der Waals surface area contributed by atoms with Crippen LogP contribution in [0.5, 0.6) is 0 Å². The average molecular weight is 240 g/mol. The molecule has 0 radical (unpaired) electrons. The van der Waals surface area contributed by atoms with Crippen molar-refractivity contribution in [3.8, 4) is 0 Å². The van der Waals surface area contributed by atoms with E-state index in [2.05, 4.69) is 34.7 Å². The molecule has 2 nitrogen and oxygen atoms in total. The van der Waals surface area contributed by atoms with E-state index in [4.69, 9.17) is 0 Å². The highest BCUT2D eigenvalue weighted by Gasteiger charge is 2.13. The van der Waals surface area contributed by atoms with Crippen LogP contribution in [0, 0.1) is 0 Å². The van der Waals surface area contributed by atoms with Crippen LogP contribution < -0.4 is 5.32 Å². The first-order chi connectivity index (χ1) is 7.40. The maximum absolute atomic E-state index is 4.50.